The SMILES string of the molecule is CSCC(=O)NC1(C)CCCC1. The fourth-order valence-electron chi connectivity index (χ4n) is 1.78. The second kappa shape index (κ2) is 4.17. The molecule has 1 rings (SSSR count). The molecule has 0 aromatic carbocycles. The molecule has 0 bridgehead atoms. The molecule has 0 radical (unpaired) electrons. The van der Waals surface area contributed by atoms with E-state index in [0.717, 1.165) is 12.8 Å². The Kier molecular flexibility index (Phi) is 3.44. The van der Waals surface area contributed by atoms with Crippen molar-refractivity contribution in [3.8, 4) is 0 Å². The Labute approximate surface area is 78.5 Å². The van der Waals surface area contributed by atoms with Crippen LogP contribution in [0.15, 0.2) is 0 Å². The van der Waals surface area contributed by atoms with E-state index in [9.17, 15) is 4.79 Å². The van der Waals surface area contributed by atoms with Crippen LogP contribution in [0.25, 0.3) is 0 Å². The minimum Gasteiger partial charge on any atom is -0.350 e. The Balaban J connectivity index is 2.33. The molecule has 0 aromatic heterocycles. The van der Waals surface area contributed by atoms with Crippen LogP contribution >= 0.6 is 11.8 Å². The Morgan fingerprint density at radius 1 is 1.50 bits per heavy atom. The highest BCUT2D eigenvalue weighted by Crippen LogP contribution is 2.28. The Bertz CT molecular complexity index is 164. The first-order valence-electron chi connectivity index (χ1n) is 4.46. The number of hydrogen-bond acceptors (Lipinski definition) is 2. The number of carbonyl (C=O) groups is 1. The lowest BCUT2D eigenvalue weighted by Crippen LogP contribution is -2.44. The monoisotopic (exact) mass is 187 g/mol. The van der Waals surface area contributed by atoms with Gasteiger partial charge in [0, 0.05) is 5.54 Å². The minimum absolute atomic E-state index is 0.104. The summed E-state index contributed by atoms with van der Waals surface area (Å²) < 4.78 is 0. The van der Waals surface area contributed by atoms with Gasteiger partial charge in [-0.3, -0.25) is 4.79 Å². The minimum atomic E-state index is 0.104. The van der Waals surface area contributed by atoms with Crippen LogP contribution in [-0.2, 0) is 4.79 Å². The molecular weight excluding hydrogens is 170 g/mol. The lowest BCUT2D eigenvalue weighted by atomic mass is 10.0. The fourth-order valence-corrected chi connectivity index (χ4v) is 2.12. The molecule has 1 amide bonds. The Morgan fingerprint density at radius 3 is 2.58 bits per heavy atom. The van der Waals surface area contributed by atoms with E-state index in [1.54, 1.807) is 11.8 Å². The molecule has 0 aromatic rings. The highest BCUT2D eigenvalue weighted by atomic mass is 32.2. The van der Waals surface area contributed by atoms with Gasteiger partial charge in [0.15, 0.2) is 0 Å². The normalized spacial score (nSPS) is 20.8. The number of amides is 1. The van der Waals surface area contributed by atoms with Crippen LogP contribution in [0, 0.1) is 0 Å². The summed E-state index contributed by atoms with van der Waals surface area (Å²) in [5.41, 5.74) is 0.104. The van der Waals surface area contributed by atoms with Crippen molar-refractivity contribution < 1.29 is 4.79 Å². The number of thioether (sulfide) groups is 1. The maximum absolute atomic E-state index is 11.3. The van der Waals surface area contributed by atoms with Crippen molar-refractivity contribution in [3.63, 3.8) is 0 Å². The predicted molar refractivity (Wildman–Crippen MR) is 53.4 cm³/mol. The third kappa shape index (κ3) is 2.70. The van der Waals surface area contributed by atoms with Gasteiger partial charge in [0.2, 0.25) is 5.91 Å². The maximum Gasteiger partial charge on any atom is 0.230 e. The molecule has 0 spiro atoms. The Hall–Kier alpha value is -0.180. The van der Waals surface area contributed by atoms with Gasteiger partial charge >= 0.3 is 0 Å². The van der Waals surface area contributed by atoms with Gasteiger partial charge in [-0.15, -0.1) is 0 Å². The van der Waals surface area contributed by atoms with Crippen molar-refractivity contribution in [2.75, 3.05) is 12.0 Å². The summed E-state index contributed by atoms with van der Waals surface area (Å²) in [7, 11) is 0. The van der Waals surface area contributed by atoms with Gasteiger partial charge in [0.05, 0.1) is 5.75 Å². The van der Waals surface area contributed by atoms with Crippen molar-refractivity contribution in [2.24, 2.45) is 0 Å². The molecule has 2 nitrogen and oxygen atoms in total. The largest absolute Gasteiger partial charge is 0.350 e. The predicted octanol–water partition coefficient (Wildman–Crippen LogP) is 1.80. The molecule has 0 unspecified atom stereocenters. The van der Waals surface area contributed by atoms with E-state index in [0.29, 0.717) is 5.75 Å². The summed E-state index contributed by atoms with van der Waals surface area (Å²) in [5, 5.41) is 3.10. The van der Waals surface area contributed by atoms with E-state index >= 15 is 0 Å². The Morgan fingerprint density at radius 2 is 2.08 bits per heavy atom. The van der Waals surface area contributed by atoms with Crippen molar-refractivity contribution in [2.45, 2.75) is 38.1 Å². The summed E-state index contributed by atoms with van der Waals surface area (Å²) in [6.45, 7) is 2.15. The van der Waals surface area contributed by atoms with Crippen LogP contribution in [0.2, 0.25) is 0 Å². The molecule has 0 heterocycles. The van der Waals surface area contributed by atoms with E-state index in [2.05, 4.69) is 12.2 Å². The average molecular weight is 187 g/mol. The smallest absolute Gasteiger partial charge is 0.230 e. The van der Waals surface area contributed by atoms with Gasteiger partial charge in [-0.1, -0.05) is 12.8 Å². The molecule has 1 N–H and O–H groups in total. The van der Waals surface area contributed by atoms with Gasteiger partial charge in [0.1, 0.15) is 0 Å². The van der Waals surface area contributed by atoms with Crippen molar-refractivity contribution >= 4 is 17.7 Å². The summed E-state index contributed by atoms with van der Waals surface area (Å²) in [6.07, 6.45) is 6.77. The number of carbonyl (C=O) groups excluding carboxylic acids is 1. The van der Waals surface area contributed by atoms with Crippen LogP contribution in [0.4, 0.5) is 0 Å². The van der Waals surface area contributed by atoms with Gasteiger partial charge < -0.3 is 5.32 Å². The highest BCUT2D eigenvalue weighted by molar-refractivity contribution is 7.99. The van der Waals surface area contributed by atoms with E-state index in [4.69, 9.17) is 0 Å². The van der Waals surface area contributed by atoms with E-state index in [1.165, 1.54) is 12.8 Å². The topological polar surface area (TPSA) is 29.1 Å². The third-order valence-corrected chi connectivity index (χ3v) is 2.97. The van der Waals surface area contributed by atoms with E-state index in [-0.39, 0.29) is 11.4 Å². The van der Waals surface area contributed by atoms with Crippen LogP contribution in [-0.4, -0.2) is 23.5 Å². The fraction of sp³-hybridized carbons (Fsp3) is 0.889. The number of rotatable bonds is 3. The van der Waals surface area contributed by atoms with E-state index in [1.807, 2.05) is 6.26 Å². The van der Waals surface area contributed by atoms with Crippen LogP contribution in [0.3, 0.4) is 0 Å². The first-order chi connectivity index (χ1) is 5.66. The van der Waals surface area contributed by atoms with Crippen LogP contribution < -0.4 is 5.32 Å². The van der Waals surface area contributed by atoms with Crippen molar-refractivity contribution in [1.29, 1.82) is 0 Å². The average Bonchev–Trinajstić information content (AvgIpc) is 2.36. The summed E-state index contributed by atoms with van der Waals surface area (Å²) >= 11 is 1.58. The molecule has 0 atom stereocenters. The van der Waals surface area contributed by atoms with Crippen molar-refractivity contribution in [1.82, 2.24) is 5.32 Å². The second-order valence-electron chi connectivity index (χ2n) is 3.75. The molecule has 1 fully saturated rings. The van der Waals surface area contributed by atoms with Crippen LogP contribution in [0.5, 0.6) is 0 Å². The standard InChI is InChI=1S/C9H17NOS/c1-9(5-3-4-6-9)10-8(11)7-12-2/h3-7H2,1-2H3,(H,10,11). The second-order valence-corrected chi connectivity index (χ2v) is 4.61. The summed E-state index contributed by atoms with van der Waals surface area (Å²) in [6, 6.07) is 0. The molecule has 1 saturated carbocycles. The quantitative estimate of drug-likeness (QED) is 0.730. The zero-order valence-electron chi connectivity index (χ0n) is 7.85. The molecule has 1 aliphatic rings. The molecule has 70 valence electrons. The van der Waals surface area contributed by atoms with Gasteiger partial charge in [-0.2, -0.15) is 11.8 Å². The van der Waals surface area contributed by atoms with Crippen LogP contribution in [0.1, 0.15) is 32.6 Å². The van der Waals surface area contributed by atoms with Gasteiger partial charge in [-0.25, -0.2) is 0 Å². The zero-order chi connectivity index (χ0) is 9.03. The molecule has 0 aliphatic heterocycles. The number of nitrogens with one attached hydrogen (secondary N) is 1. The first kappa shape index (κ1) is 9.90. The molecule has 12 heavy (non-hydrogen) atoms. The van der Waals surface area contributed by atoms with E-state index < -0.39 is 0 Å². The van der Waals surface area contributed by atoms with Gasteiger partial charge in [-0.05, 0) is 26.0 Å². The third-order valence-electron chi connectivity index (χ3n) is 2.42. The summed E-state index contributed by atoms with van der Waals surface area (Å²) in [4.78, 5) is 11.3. The summed E-state index contributed by atoms with van der Waals surface area (Å²) in [5.74, 6) is 0.780. The highest BCUT2D eigenvalue weighted by Gasteiger charge is 2.29. The lowest BCUT2D eigenvalue weighted by Gasteiger charge is -2.24. The number of hydrogen-bond donors (Lipinski definition) is 1. The molecular formula is C9H17NOS. The van der Waals surface area contributed by atoms with Gasteiger partial charge in [0.25, 0.3) is 0 Å². The molecule has 3 heteroatoms. The zero-order valence-corrected chi connectivity index (χ0v) is 8.67. The molecule has 0 saturated heterocycles. The molecule has 1 aliphatic carbocycles. The lowest BCUT2D eigenvalue weighted by molar-refractivity contribution is -0.120. The van der Waals surface area contributed by atoms with Crippen molar-refractivity contribution in [3.05, 3.63) is 0 Å². The maximum atomic E-state index is 11.3. The first-order valence-corrected chi connectivity index (χ1v) is 5.86.